The lowest BCUT2D eigenvalue weighted by Gasteiger charge is -2.33. The van der Waals surface area contributed by atoms with Crippen LogP contribution < -0.4 is 5.32 Å². The molecule has 0 atom stereocenters. The lowest BCUT2D eigenvalue weighted by atomic mass is 9.99. The number of nitrogens with one attached hydrogen (secondary N) is 1. The minimum Gasteiger partial charge on any atom is -0.367 e. The molecule has 0 spiro atoms. The lowest BCUT2D eigenvalue weighted by Crippen LogP contribution is -2.42. The van der Waals surface area contributed by atoms with Crippen LogP contribution in [0.5, 0.6) is 0 Å². The summed E-state index contributed by atoms with van der Waals surface area (Å²) in [5.74, 6) is 1.00. The molecule has 144 valence electrons. The van der Waals surface area contributed by atoms with Gasteiger partial charge in [-0.1, -0.05) is 18.2 Å². The minimum absolute atomic E-state index is 0.107. The molecule has 28 heavy (non-hydrogen) atoms. The Bertz CT molecular complexity index is 1010. The van der Waals surface area contributed by atoms with E-state index in [1.165, 1.54) is 5.56 Å². The second-order valence-electron chi connectivity index (χ2n) is 7.64. The Morgan fingerprint density at radius 1 is 1.11 bits per heavy atom. The van der Waals surface area contributed by atoms with Crippen LogP contribution >= 0.6 is 0 Å². The Morgan fingerprint density at radius 2 is 1.89 bits per heavy atom. The standard InChI is InChI=1S/C23H26N4O/c1-15-7-8-19-20(14-16(2)25-22(19)17(15)3)23(28)27-12-9-18(10-13-27)26-21-6-4-5-11-24-21/h4-8,11,14,18H,9-10,12-13H2,1-3H3,(H,24,26). The summed E-state index contributed by atoms with van der Waals surface area (Å²) in [7, 11) is 0. The van der Waals surface area contributed by atoms with Gasteiger partial charge >= 0.3 is 0 Å². The molecule has 4 rings (SSSR count). The van der Waals surface area contributed by atoms with Crippen LogP contribution in [-0.2, 0) is 0 Å². The van der Waals surface area contributed by atoms with Crippen molar-refractivity contribution in [3.8, 4) is 0 Å². The number of nitrogens with zero attached hydrogens (tertiary/aromatic N) is 3. The normalized spacial score (nSPS) is 15.0. The number of pyridine rings is 2. The third-order valence-electron chi connectivity index (χ3n) is 5.66. The van der Waals surface area contributed by atoms with Crippen molar-refractivity contribution in [2.75, 3.05) is 18.4 Å². The molecule has 3 aromatic rings. The Labute approximate surface area is 165 Å². The van der Waals surface area contributed by atoms with Gasteiger partial charge in [0.25, 0.3) is 5.91 Å². The predicted octanol–water partition coefficient (Wildman–Crippen LogP) is 4.27. The first-order valence-corrected chi connectivity index (χ1v) is 9.87. The van der Waals surface area contributed by atoms with Gasteiger partial charge in [0.1, 0.15) is 5.82 Å². The highest BCUT2D eigenvalue weighted by Gasteiger charge is 2.25. The van der Waals surface area contributed by atoms with Crippen molar-refractivity contribution in [1.82, 2.24) is 14.9 Å². The lowest BCUT2D eigenvalue weighted by molar-refractivity contribution is 0.0720. The van der Waals surface area contributed by atoms with Gasteiger partial charge in [0.2, 0.25) is 0 Å². The van der Waals surface area contributed by atoms with E-state index in [4.69, 9.17) is 4.98 Å². The summed E-state index contributed by atoms with van der Waals surface area (Å²) in [4.78, 5) is 24.3. The third kappa shape index (κ3) is 3.57. The van der Waals surface area contributed by atoms with Gasteiger partial charge in [-0.15, -0.1) is 0 Å². The molecular weight excluding hydrogens is 348 g/mol. The van der Waals surface area contributed by atoms with E-state index in [0.29, 0.717) is 6.04 Å². The van der Waals surface area contributed by atoms with Gasteiger partial charge in [0, 0.05) is 36.4 Å². The Hall–Kier alpha value is -2.95. The predicted molar refractivity (Wildman–Crippen MR) is 113 cm³/mol. The first-order valence-electron chi connectivity index (χ1n) is 9.87. The van der Waals surface area contributed by atoms with Gasteiger partial charge in [-0.25, -0.2) is 4.98 Å². The van der Waals surface area contributed by atoms with Crippen LogP contribution in [0, 0.1) is 20.8 Å². The number of likely N-dealkylation sites (tertiary alicyclic amines) is 1. The number of anilines is 1. The number of hydrogen-bond acceptors (Lipinski definition) is 4. The topological polar surface area (TPSA) is 58.1 Å². The zero-order chi connectivity index (χ0) is 19.7. The van der Waals surface area contributed by atoms with E-state index >= 15 is 0 Å². The molecular formula is C23H26N4O. The zero-order valence-corrected chi connectivity index (χ0v) is 16.7. The van der Waals surface area contributed by atoms with Crippen LogP contribution in [0.1, 0.15) is 40.0 Å². The fraction of sp³-hybridized carbons (Fsp3) is 0.348. The summed E-state index contributed by atoms with van der Waals surface area (Å²) in [5, 5.41) is 4.42. The molecule has 1 N–H and O–H groups in total. The van der Waals surface area contributed by atoms with Crippen LogP contribution in [0.3, 0.4) is 0 Å². The number of piperidine rings is 1. The molecule has 1 aliphatic rings. The van der Waals surface area contributed by atoms with Gasteiger partial charge in [-0.3, -0.25) is 9.78 Å². The fourth-order valence-corrected chi connectivity index (χ4v) is 3.89. The number of amides is 1. The maximum atomic E-state index is 13.3. The van der Waals surface area contributed by atoms with Gasteiger partial charge in [0.15, 0.2) is 0 Å². The number of rotatable bonds is 3. The average molecular weight is 374 g/mol. The summed E-state index contributed by atoms with van der Waals surface area (Å²) in [6.07, 6.45) is 3.63. The molecule has 1 aliphatic heterocycles. The molecule has 2 aromatic heterocycles. The third-order valence-corrected chi connectivity index (χ3v) is 5.66. The van der Waals surface area contributed by atoms with Crippen LogP contribution in [0.2, 0.25) is 0 Å². The summed E-state index contributed by atoms with van der Waals surface area (Å²) >= 11 is 0. The van der Waals surface area contributed by atoms with E-state index in [-0.39, 0.29) is 5.91 Å². The molecule has 1 saturated heterocycles. The van der Waals surface area contributed by atoms with E-state index < -0.39 is 0 Å². The zero-order valence-electron chi connectivity index (χ0n) is 16.7. The van der Waals surface area contributed by atoms with Crippen molar-refractivity contribution in [2.45, 2.75) is 39.7 Å². The van der Waals surface area contributed by atoms with Crippen molar-refractivity contribution in [3.63, 3.8) is 0 Å². The maximum absolute atomic E-state index is 13.3. The molecule has 3 heterocycles. The van der Waals surface area contributed by atoms with Crippen LogP contribution in [0.4, 0.5) is 5.82 Å². The largest absolute Gasteiger partial charge is 0.367 e. The molecule has 0 saturated carbocycles. The van der Waals surface area contributed by atoms with Crippen molar-refractivity contribution in [1.29, 1.82) is 0 Å². The first kappa shape index (κ1) is 18.4. The van der Waals surface area contributed by atoms with Gasteiger partial charge in [-0.2, -0.15) is 0 Å². The maximum Gasteiger partial charge on any atom is 0.254 e. The molecule has 5 nitrogen and oxygen atoms in total. The van der Waals surface area contributed by atoms with Crippen molar-refractivity contribution < 1.29 is 4.79 Å². The summed E-state index contributed by atoms with van der Waals surface area (Å²) in [6.45, 7) is 7.61. The number of hydrogen-bond donors (Lipinski definition) is 1. The van der Waals surface area contributed by atoms with Crippen LogP contribution in [-0.4, -0.2) is 39.9 Å². The SMILES string of the molecule is Cc1cc(C(=O)N2CCC(Nc3ccccn3)CC2)c2ccc(C)c(C)c2n1. The molecule has 0 radical (unpaired) electrons. The van der Waals surface area contributed by atoms with Gasteiger partial charge in [0.05, 0.1) is 11.1 Å². The van der Waals surface area contributed by atoms with Crippen LogP contribution in [0.15, 0.2) is 42.6 Å². The quantitative estimate of drug-likeness (QED) is 0.744. The fourth-order valence-electron chi connectivity index (χ4n) is 3.89. The van der Waals surface area contributed by atoms with E-state index in [1.807, 2.05) is 42.2 Å². The molecule has 5 heteroatoms. The van der Waals surface area contributed by atoms with E-state index in [9.17, 15) is 4.79 Å². The second-order valence-corrected chi connectivity index (χ2v) is 7.64. The summed E-state index contributed by atoms with van der Waals surface area (Å²) in [6, 6.07) is 12.3. The highest BCUT2D eigenvalue weighted by Crippen LogP contribution is 2.26. The molecule has 1 amide bonds. The second kappa shape index (κ2) is 7.58. The number of carbonyl (C=O) groups is 1. The highest BCUT2D eigenvalue weighted by molar-refractivity contribution is 6.07. The molecule has 0 bridgehead atoms. The molecule has 0 aliphatic carbocycles. The summed E-state index contributed by atoms with van der Waals surface area (Å²) in [5.41, 5.74) is 4.94. The minimum atomic E-state index is 0.107. The average Bonchev–Trinajstić information content (AvgIpc) is 2.71. The number of aromatic nitrogens is 2. The Balaban J connectivity index is 1.52. The number of carbonyl (C=O) groups excluding carboxylic acids is 1. The van der Waals surface area contributed by atoms with Gasteiger partial charge in [-0.05, 0) is 62.9 Å². The molecule has 1 fully saturated rings. The van der Waals surface area contributed by atoms with E-state index in [2.05, 4.69) is 30.2 Å². The molecule has 0 unspecified atom stereocenters. The van der Waals surface area contributed by atoms with E-state index in [1.54, 1.807) is 6.20 Å². The van der Waals surface area contributed by atoms with Crippen molar-refractivity contribution in [3.05, 3.63) is 65.0 Å². The van der Waals surface area contributed by atoms with Crippen molar-refractivity contribution in [2.24, 2.45) is 0 Å². The van der Waals surface area contributed by atoms with Crippen molar-refractivity contribution >= 4 is 22.6 Å². The number of fused-ring (bicyclic) bond motifs is 1. The van der Waals surface area contributed by atoms with Gasteiger partial charge < -0.3 is 10.2 Å². The first-order chi connectivity index (χ1) is 13.5. The van der Waals surface area contributed by atoms with Crippen LogP contribution in [0.25, 0.3) is 10.9 Å². The molecule has 1 aromatic carbocycles. The Kier molecular flexibility index (Phi) is 4.99. The highest BCUT2D eigenvalue weighted by atomic mass is 16.2. The summed E-state index contributed by atoms with van der Waals surface area (Å²) < 4.78 is 0. The Morgan fingerprint density at radius 3 is 2.61 bits per heavy atom. The smallest absolute Gasteiger partial charge is 0.254 e. The number of aryl methyl sites for hydroxylation is 3. The van der Waals surface area contributed by atoms with E-state index in [0.717, 1.165) is 59.5 Å². The number of benzene rings is 1. The monoisotopic (exact) mass is 374 g/mol.